The molecule has 1 aliphatic heterocycles. The summed E-state index contributed by atoms with van der Waals surface area (Å²) in [6.45, 7) is 0.895. The number of nitrogens with two attached hydrogens (primary N) is 1. The second kappa shape index (κ2) is 7.57. The van der Waals surface area contributed by atoms with E-state index in [-0.39, 0.29) is 22.6 Å². The Morgan fingerprint density at radius 2 is 1.90 bits per heavy atom. The van der Waals surface area contributed by atoms with Crippen LogP contribution in [0.3, 0.4) is 0 Å². The second-order valence-electron chi connectivity index (χ2n) is 8.19. The number of benzene rings is 1. The van der Waals surface area contributed by atoms with Crippen molar-refractivity contribution in [3.8, 4) is 5.88 Å². The van der Waals surface area contributed by atoms with E-state index in [1.54, 1.807) is 4.68 Å². The van der Waals surface area contributed by atoms with Gasteiger partial charge in [0.05, 0.1) is 18.8 Å². The first-order chi connectivity index (χ1) is 14.9. The molecular formula is C20H25FN6O3S. The Kier molecular flexibility index (Phi) is 4.98. The highest BCUT2D eigenvalue weighted by Crippen LogP contribution is 2.41. The molecule has 31 heavy (non-hydrogen) atoms. The Balaban J connectivity index is 1.47. The van der Waals surface area contributed by atoms with E-state index >= 15 is 0 Å². The first-order valence-corrected chi connectivity index (χ1v) is 12.0. The molecule has 1 aromatic carbocycles. The van der Waals surface area contributed by atoms with Crippen LogP contribution in [0, 0.1) is 5.82 Å². The molecule has 2 amide bonds. The summed E-state index contributed by atoms with van der Waals surface area (Å²) in [6, 6.07) is -0.747. The van der Waals surface area contributed by atoms with Gasteiger partial charge in [0.15, 0.2) is 9.92 Å². The van der Waals surface area contributed by atoms with E-state index in [4.69, 9.17) is 9.88 Å². The Bertz CT molecular complexity index is 1170. The molecule has 2 unspecified atom stereocenters. The molecule has 2 aromatic rings. The number of fused-ring (bicyclic) bond motifs is 3. The van der Waals surface area contributed by atoms with Crippen molar-refractivity contribution in [2.45, 2.75) is 56.0 Å². The van der Waals surface area contributed by atoms with Crippen LogP contribution in [-0.4, -0.2) is 39.7 Å². The molecule has 0 bridgehead atoms. The van der Waals surface area contributed by atoms with Crippen LogP contribution >= 0.6 is 0 Å². The number of halogens is 1. The molecule has 2 atom stereocenters. The number of hydrogen-bond donors (Lipinski definition) is 3. The average Bonchev–Trinajstić information content (AvgIpc) is 3.49. The van der Waals surface area contributed by atoms with E-state index in [2.05, 4.69) is 20.1 Å². The number of amides is 2. The third-order valence-corrected chi connectivity index (χ3v) is 7.66. The van der Waals surface area contributed by atoms with Gasteiger partial charge < -0.3 is 15.4 Å². The van der Waals surface area contributed by atoms with E-state index in [0.717, 1.165) is 24.0 Å². The minimum absolute atomic E-state index is 0.0666. The van der Waals surface area contributed by atoms with Crippen LogP contribution in [0.1, 0.15) is 35.1 Å². The molecule has 5 rings (SSSR count). The van der Waals surface area contributed by atoms with Crippen molar-refractivity contribution >= 4 is 21.6 Å². The number of rotatable bonds is 3. The third-order valence-electron chi connectivity index (χ3n) is 6.32. The molecule has 0 fully saturated rings. The van der Waals surface area contributed by atoms with Crippen LogP contribution < -0.4 is 20.5 Å². The van der Waals surface area contributed by atoms with Gasteiger partial charge >= 0.3 is 6.03 Å². The maximum Gasteiger partial charge on any atom is 0.354 e. The molecule has 11 heteroatoms. The van der Waals surface area contributed by atoms with Gasteiger partial charge in [0.25, 0.3) is 0 Å². The summed E-state index contributed by atoms with van der Waals surface area (Å²) in [4.78, 5) is 12.9. The molecule has 1 aromatic heterocycles. The third kappa shape index (κ3) is 3.40. The van der Waals surface area contributed by atoms with Gasteiger partial charge in [0, 0.05) is 5.69 Å². The molecule has 2 aliphatic carbocycles. The lowest BCUT2D eigenvalue weighted by atomic mass is 9.98. The van der Waals surface area contributed by atoms with Crippen molar-refractivity contribution in [1.82, 2.24) is 15.1 Å². The SMILES string of the molecule is CNC1COc2c(S(N)(=O)=NC(=O)Nc3c4c(c(F)c5c3CCC5)CCC4)cnn2C1. The zero-order chi connectivity index (χ0) is 21.8. The summed E-state index contributed by atoms with van der Waals surface area (Å²) in [5.74, 6) is 0.139. The van der Waals surface area contributed by atoms with E-state index in [1.165, 1.54) is 6.20 Å². The van der Waals surface area contributed by atoms with Gasteiger partial charge in [-0.2, -0.15) is 5.10 Å². The van der Waals surface area contributed by atoms with Crippen molar-refractivity contribution in [3.05, 3.63) is 34.3 Å². The molecule has 9 nitrogen and oxygen atoms in total. The normalized spacial score (nSPS) is 20.9. The van der Waals surface area contributed by atoms with Crippen LogP contribution in [0.2, 0.25) is 0 Å². The van der Waals surface area contributed by atoms with Crippen LogP contribution in [0.5, 0.6) is 5.88 Å². The fourth-order valence-electron chi connectivity index (χ4n) is 4.79. The maximum atomic E-state index is 14.8. The smallest absolute Gasteiger partial charge is 0.354 e. The van der Waals surface area contributed by atoms with Gasteiger partial charge in [-0.1, -0.05) is 0 Å². The molecule has 166 valence electrons. The predicted molar refractivity (Wildman–Crippen MR) is 113 cm³/mol. The number of ether oxygens (including phenoxy) is 1. The Hall–Kier alpha value is -2.50. The average molecular weight is 449 g/mol. The summed E-state index contributed by atoms with van der Waals surface area (Å²) in [5, 5.41) is 16.0. The Labute approximate surface area is 179 Å². The molecule has 0 saturated carbocycles. The maximum absolute atomic E-state index is 14.8. The van der Waals surface area contributed by atoms with Crippen molar-refractivity contribution in [1.29, 1.82) is 0 Å². The summed E-state index contributed by atoms with van der Waals surface area (Å²) in [5.41, 5.74) is 3.64. The minimum Gasteiger partial charge on any atom is -0.475 e. The highest BCUT2D eigenvalue weighted by molar-refractivity contribution is 7.91. The first kappa shape index (κ1) is 20.4. The van der Waals surface area contributed by atoms with Crippen LogP contribution in [0.4, 0.5) is 14.9 Å². The van der Waals surface area contributed by atoms with E-state index < -0.39 is 15.9 Å². The van der Waals surface area contributed by atoms with Gasteiger partial charge in [-0.15, -0.1) is 4.36 Å². The summed E-state index contributed by atoms with van der Waals surface area (Å²) < 4.78 is 39.0. The Morgan fingerprint density at radius 1 is 1.26 bits per heavy atom. The van der Waals surface area contributed by atoms with Gasteiger partial charge in [-0.3, -0.25) is 0 Å². The molecule has 4 N–H and O–H groups in total. The lowest BCUT2D eigenvalue weighted by molar-refractivity contribution is 0.184. The lowest BCUT2D eigenvalue weighted by Gasteiger charge is -2.24. The number of urea groups is 1. The molecule has 2 heterocycles. The van der Waals surface area contributed by atoms with Crippen molar-refractivity contribution in [2.24, 2.45) is 9.50 Å². The molecular weight excluding hydrogens is 423 g/mol. The van der Waals surface area contributed by atoms with E-state index in [0.29, 0.717) is 55.6 Å². The fraction of sp³-hybridized carbons (Fsp3) is 0.500. The molecule has 3 aliphatic rings. The standard InChI is InChI=1S/C20H25FN6O3S/c1-23-11-9-27-19(30-10-11)16(8-24-27)31(22,29)26-20(28)25-18-14-6-2-4-12(14)17(21)13-5-3-7-15(13)18/h8,11,23H,2-7,9-10H2,1H3,(H3,22,25,26,28,29). The number of carbonyl (C=O) groups is 1. The number of anilines is 1. The molecule has 0 spiro atoms. The van der Waals surface area contributed by atoms with Gasteiger partial charge in [0.1, 0.15) is 17.3 Å². The number of nitrogens with zero attached hydrogens (tertiary/aromatic N) is 3. The van der Waals surface area contributed by atoms with Gasteiger partial charge in [0.2, 0.25) is 5.88 Å². The van der Waals surface area contributed by atoms with E-state index in [1.807, 2.05) is 7.05 Å². The zero-order valence-corrected chi connectivity index (χ0v) is 18.1. The minimum atomic E-state index is -3.58. The zero-order valence-electron chi connectivity index (χ0n) is 17.2. The van der Waals surface area contributed by atoms with Gasteiger partial charge in [-0.25, -0.2) is 23.2 Å². The summed E-state index contributed by atoms with van der Waals surface area (Å²) in [6.07, 6.45) is 5.74. The predicted octanol–water partition coefficient (Wildman–Crippen LogP) is 1.91. The second-order valence-corrected chi connectivity index (χ2v) is 9.95. The van der Waals surface area contributed by atoms with Crippen LogP contribution in [-0.2, 0) is 42.1 Å². The quantitative estimate of drug-likeness (QED) is 0.662. The lowest BCUT2D eigenvalue weighted by Crippen LogP contribution is -2.40. The summed E-state index contributed by atoms with van der Waals surface area (Å²) in [7, 11) is -1.76. The number of nitrogens with one attached hydrogen (secondary N) is 2. The van der Waals surface area contributed by atoms with Gasteiger partial charge in [-0.05, 0) is 67.8 Å². The largest absolute Gasteiger partial charge is 0.475 e. The monoisotopic (exact) mass is 448 g/mol. The summed E-state index contributed by atoms with van der Waals surface area (Å²) >= 11 is 0. The van der Waals surface area contributed by atoms with Crippen molar-refractivity contribution in [3.63, 3.8) is 0 Å². The highest BCUT2D eigenvalue weighted by Gasteiger charge is 2.31. The topological polar surface area (TPSA) is 124 Å². The molecule has 0 radical (unpaired) electrons. The number of likely N-dealkylation sites (N-methyl/N-ethyl adjacent to an activating group) is 1. The van der Waals surface area contributed by atoms with Crippen LogP contribution in [0.25, 0.3) is 0 Å². The number of carbonyl (C=O) groups excluding carboxylic acids is 1. The van der Waals surface area contributed by atoms with Crippen molar-refractivity contribution < 1.29 is 18.1 Å². The number of hydrogen-bond acceptors (Lipinski definition) is 5. The van der Waals surface area contributed by atoms with Crippen LogP contribution in [0.15, 0.2) is 15.5 Å². The molecule has 0 saturated heterocycles. The first-order valence-electron chi connectivity index (χ1n) is 10.5. The van der Waals surface area contributed by atoms with Crippen molar-refractivity contribution in [2.75, 3.05) is 19.0 Å². The highest BCUT2D eigenvalue weighted by atomic mass is 32.2. The number of aromatic nitrogens is 2. The fourth-order valence-corrected chi connectivity index (χ4v) is 5.79. The Morgan fingerprint density at radius 3 is 2.55 bits per heavy atom. The van der Waals surface area contributed by atoms with E-state index in [9.17, 15) is 13.4 Å².